The number of nitro groups is 1. The molecule has 0 radical (unpaired) electrons. The molecule has 2 amide bonds. The Morgan fingerprint density at radius 3 is 2.40 bits per heavy atom. The molecule has 1 fully saturated rings. The summed E-state index contributed by atoms with van der Waals surface area (Å²) in [5.74, 6) is -2.03. The van der Waals surface area contributed by atoms with Crippen LogP contribution in [0.1, 0.15) is 24.0 Å². The van der Waals surface area contributed by atoms with Crippen molar-refractivity contribution in [3.63, 3.8) is 0 Å². The van der Waals surface area contributed by atoms with Crippen molar-refractivity contribution in [1.29, 1.82) is 0 Å². The minimum Gasteiger partial charge on any atom is -0.381 e. The average molecular weight is 415 g/mol. The predicted octanol–water partition coefficient (Wildman–Crippen LogP) is 2.85. The molecule has 30 heavy (non-hydrogen) atoms. The Bertz CT molecular complexity index is 956. The molecule has 2 N–H and O–H groups in total. The average Bonchev–Trinajstić information content (AvgIpc) is 2.74. The van der Waals surface area contributed by atoms with Crippen molar-refractivity contribution in [1.82, 2.24) is 5.32 Å². The molecule has 1 aliphatic heterocycles. The maximum atomic E-state index is 13.3. The number of benzene rings is 2. The van der Waals surface area contributed by atoms with Gasteiger partial charge < -0.3 is 15.4 Å². The quantitative estimate of drug-likeness (QED) is 0.443. The Labute approximate surface area is 172 Å². The largest absolute Gasteiger partial charge is 0.381 e. The summed E-state index contributed by atoms with van der Waals surface area (Å²) in [5, 5.41) is 16.0. The maximum absolute atomic E-state index is 13.3. The van der Waals surface area contributed by atoms with Crippen LogP contribution in [0.3, 0.4) is 0 Å². The van der Waals surface area contributed by atoms with Gasteiger partial charge in [-0.25, -0.2) is 4.39 Å². The molecule has 0 atom stereocenters. The molecular formula is C21H22FN3O5. The zero-order chi connectivity index (χ0) is 21.7. The lowest BCUT2D eigenvalue weighted by Gasteiger charge is -2.37. The molecule has 158 valence electrons. The standard InChI is InChI=1S/C21H22FN3O5/c1-14-12-17(25(28)29)6-7-18(14)24-20(27)19(26)23-13-21(8-10-30-11-9-21)15-2-4-16(22)5-3-15/h2-7,12H,8-11,13H2,1H3,(H,23,26)(H,24,27). The lowest BCUT2D eigenvalue weighted by molar-refractivity contribution is -0.384. The van der Waals surface area contributed by atoms with Crippen LogP contribution in [0.2, 0.25) is 0 Å². The molecule has 0 spiro atoms. The molecule has 1 aliphatic rings. The Morgan fingerprint density at radius 2 is 1.80 bits per heavy atom. The number of nitrogens with zero attached hydrogens (tertiary/aromatic N) is 1. The van der Waals surface area contributed by atoms with E-state index < -0.39 is 22.2 Å². The van der Waals surface area contributed by atoms with Crippen LogP contribution in [0.25, 0.3) is 0 Å². The normalized spacial score (nSPS) is 15.3. The molecule has 3 rings (SSSR count). The number of rotatable bonds is 5. The number of hydrogen-bond acceptors (Lipinski definition) is 5. The number of anilines is 1. The van der Waals surface area contributed by atoms with Gasteiger partial charge in [0.1, 0.15) is 5.82 Å². The highest BCUT2D eigenvalue weighted by atomic mass is 19.1. The smallest absolute Gasteiger partial charge is 0.313 e. The SMILES string of the molecule is Cc1cc([N+](=O)[O-])ccc1NC(=O)C(=O)NCC1(c2ccc(F)cc2)CCOCC1. The van der Waals surface area contributed by atoms with Gasteiger partial charge in [0.15, 0.2) is 0 Å². The summed E-state index contributed by atoms with van der Waals surface area (Å²) in [4.78, 5) is 35.0. The Hall–Kier alpha value is -3.33. The van der Waals surface area contributed by atoms with Gasteiger partial charge in [0.25, 0.3) is 5.69 Å². The van der Waals surface area contributed by atoms with Crippen LogP contribution in [-0.2, 0) is 19.7 Å². The number of carbonyl (C=O) groups excluding carboxylic acids is 2. The first-order valence-corrected chi connectivity index (χ1v) is 9.49. The maximum Gasteiger partial charge on any atom is 0.313 e. The second kappa shape index (κ2) is 9.00. The van der Waals surface area contributed by atoms with Crippen molar-refractivity contribution in [3.05, 3.63) is 69.5 Å². The third-order valence-corrected chi connectivity index (χ3v) is 5.37. The van der Waals surface area contributed by atoms with Crippen molar-refractivity contribution in [2.24, 2.45) is 0 Å². The van der Waals surface area contributed by atoms with Gasteiger partial charge in [-0.1, -0.05) is 12.1 Å². The predicted molar refractivity (Wildman–Crippen MR) is 108 cm³/mol. The summed E-state index contributed by atoms with van der Waals surface area (Å²) in [6.07, 6.45) is 1.25. The Balaban J connectivity index is 1.67. The van der Waals surface area contributed by atoms with Gasteiger partial charge in [-0.05, 0) is 49.1 Å². The lowest BCUT2D eigenvalue weighted by Crippen LogP contribution is -2.47. The van der Waals surface area contributed by atoms with Gasteiger partial charge in [-0.15, -0.1) is 0 Å². The van der Waals surface area contributed by atoms with Crippen LogP contribution in [0.5, 0.6) is 0 Å². The monoisotopic (exact) mass is 415 g/mol. The summed E-state index contributed by atoms with van der Waals surface area (Å²) in [5.41, 5.74) is 1.11. The van der Waals surface area contributed by atoms with E-state index in [1.807, 2.05) is 0 Å². The van der Waals surface area contributed by atoms with Gasteiger partial charge in [0.05, 0.1) is 4.92 Å². The third kappa shape index (κ3) is 4.80. The number of halogens is 1. The zero-order valence-electron chi connectivity index (χ0n) is 16.4. The van der Waals surface area contributed by atoms with Crippen LogP contribution < -0.4 is 10.6 Å². The molecule has 8 nitrogen and oxygen atoms in total. The first-order chi connectivity index (χ1) is 14.3. The second-order valence-corrected chi connectivity index (χ2v) is 7.29. The number of ether oxygens (including phenoxy) is 1. The van der Waals surface area contributed by atoms with Crippen LogP contribution >= 0.6 is 0 Å². The van der Waals surface area contributed by atoms with Crippen molar-refractivity contribution in [2.75, 3.05) is 25.1 Å². The van der Waals surface area contributed by atoms with Gasteiger partial charge in [-0.3, -0.25) is 19.7 Å². The van der Waals surface area contributed by atoms with E-state index in [4.69, 9.17) is 4.74 Å². The molecule has 0 unspecified atom stereocenters. The van der Waals surface area contributed by atoms with E-state index in [1.165, 1.54) is 30.3 Å². The van der Waals surface area contributed by atoms with Crippen molar-refractivity contribution in [3.8, 4) is 0 Å². The Kier molecular flexibility index (Phi) is 6.41. The summed E-state index contributed by atoms with van der Waals surface area (Å²) < 4.78 is 18.8. The molecule has 1 saturated heterocycles. The van der Waals surface area contributed by atoms with E-state index in [2.05, 4.69) is 10.6 Å². The van der Waals surface area contributed by atoms with E-state index in [1.54, 1.807) is 19.1 Å². The number of nitro benzene ring substituents is 1. The van der Waals surface area contributed by atoms with E-state index in [9.17, 15) is 24.1 Å². The number of aryl methyl sites for hydroxylation is 1. The van der Waals surface area contributed by atoms with Crippen LogP contribution in [0.15, 0.2) is 42.5 Å². The fraction of sp³-hybridized carbons (Fsp3) is 0.333. The molecule has 1 heterocycles. The fourth-order valence-electron chi connectivity index (χ4n) is 3.54. The van der Waals surface area contributed by atoms with Gasteiger partial charge in [0.2, 0.25) is 0 Å². The first-order valence-electron chi connectivity index (χ1n) is 9.49. The number of nitrogens with one attached hydrogen (secondary N) is 2. The summed E-state index contributed by atoms with van der Waals surface area (Å²) in [6, 6.07) is 10.1. The molecule has 2 aromatic rings. The number of hydrogen-bond donors (Lipinski definition) is 2. The lowest BCUT2D eigenvalue weighted by atomic mass is 9.74. The van der Waals surface area contributed by atoms with Crippen molar-refractivity contribution < 1.29 is 23.6 Å². The minimum absolute atomic E-state index is 0.101. The number of amides is 2. The first kappa shape index (κ1) is 21.4. The zero-order valence-corrected chi connectivity index (χ0v) is 16.4. The van der Waals surface area contributed by atoms with Gasteiger partial charge >= 0.3 is 11.8 Å². The van der Waals surface area contributed by atoms with Crippen molar-refractivity contribution in [2.45, 2.75) is 25.2 Å². The minimum atomic E-state index is -0.867. The molecule has 0 aliphatic carbocycles. The second-order valence-electron chi connectivity index (χ2n) is 7.29. The van der Waals surface area contributed by atoms with Crippen LogP contribution in [-0.4, -0.2) is 36.5 Å². The molecule has 2 aromatic carbocycles. The van der Waals surface area contributed by atoms with E-state index in [0.717, 1.165) is 5.56 Å². The van der Waals surface area contributed by atoms with Gasteiger partial charge in [0, 0.05) is 43.0 Å². The molecule has 0 saturated carbocycles. The third-order valence-electron chi connectivity index (χ3n) is 5.37. The van der Waals surface area contributed by atoms with E-state index in [-0.39, 0.29) is 18.0 Å². The number of carbonyl (C=O) groups is 2. The summed E-state index contributed by atoms with van der Waals surface area (Å²) in [7, 11) is 0. The molecular weight excluding hydrogens is 393 g/mol. The fourth-order valence-corrected chi connectivity index (χ4v) is 3.54. The van der Waals surface area contributed by atoms with E-state index in [0.29, 0.717) is 37.3 Å². The highest BCUT2D eigenvalue weighted by Crippen LogP contribution is 2.34. The van der Waals surface area contributed by atoms with Gasteiger partial charge in [-0.2, -0.15) is 0 Å². The van der Waals surface area contributed by atoms with E-state index >= 15 is 0 Å². The highest BCUT2D eigenvalue weighted by molar-refractivity contribution is 6.39. The Morgan fingerprint density at radius 1 is 1.13 bits per heavy atom. The highest BCUT2D eigenvalue weighted by Gasteiger charge is 2.35. The molecule has 0 bridgehead atoms. The molecule has 9 heteroatoms. The van der Waals surface area contributed by atoms with Crippen molar-refractivity contribution >= 4 is 23.2 Å². The van der Waals surface area contributed by atoms with Crippen LogP contribution in [0.4, 0.5) is 15.8 Å². The summed E-state index contributed by atoms with van der Waals surface area (Å²) in [6.45, 7) is 2.81. The topological polar surface area (TPSA) is 111 Å². The van der Waals surface area contributed by atoms with Crippen LogP contribution in [0, 0.1) is 22.9 Å². The number of non-ortho nitro benzene ring substituents is 1. The summed E-state index contributed by atoms with van der Waals surface area (Å²) >= 11 is 0. The molecule has 0 aromatic heterocycles.